The van der Waals surface area contributed by atoms with Crippen LogP contribution in [0.25, 0.3) is 0 Å². The van der Waals surface area contributed by atoms with E-state index in [1.807, 2.05) is 0 Å². The Labute approximate surface area is 143 Å². The molecule has 0 saturated heterocycles. The van der Waals surface area contributed by atoms with E-state index in [-0.39, 0.29) is 17.1 Å². The van der Waals surface area contributed by atoms with Gasteiger partial charge in [-0.1, -0.05) is 18.2 Å². The van der Waals surface area contributed by atoms with Crippen molar-refractivity contribution in [3.63, 3.8) is 0 Å². The Kier molecular flexibility index (Phi) is 7.41. The van der Waals surface area contributed by atoms with E-state index in [1.54, 1.807) is 39.0 Å². The maximum absolute atomic E-state index is 12.1. The standard InChI is InChI=1S/C17H25NO5S/c1-17(2,3)23-16(20)18-12-8-7-9-14(19)13-24(21,22)15-10-5-4-6-11-15/h4-6,10-11H,7-9,12-13H2,1-3H3,(H,18,20). The fourth-order valence-corrected chi connectivity index (χ4v) is 3.25. The highest BCUT2D eigenvalue weighted by Gasteiger charge is 2.19. The molecule has 1 amide bonds. The highest BCUT2D eigenvalue weighted by atomic mass is 32.2. The molecular weight excluding hydrogens is 330 g/mol. The largest absolute Gasteiger partial charge is 0.444 e. The Morgan fingerprint density at radius 2 is 1.71 bits per heavy atom. The number of rotatable bonds is 8. The molecule has 0 aliphatic rings. The quantitative estimate of drug-likeness (QED) is 0.724. The molecule has 24 heavy (non-hydrogen) atoms. The van der Waals surface area contributed by atoms with E-state index >= 15 is 0 Å². The molecule has 0 heterocycles. The van der Waals surface area contributed by atoms with E-state index in [0.29, 0.717) is 19.4 Å². The van der Waals surface area contributed by atoms with E-state index < -0.39 is 27.3 Å². The van der Waals surface area contributed by atoms with Crippen LogP contribution in [0.2, 0.25) is 0 Å². The summed E-state index contributed by atoms with van der Waals surface area (Å²) in [6, 6.07) is 7.93. The van der Waals surface area contributed by atoms with Gasteiger partial charge in [0.25, 0.3) is 0 Å². The lowest BCUT2D eigenvalue weighted by Gasteiger charge is -2.19. The number of unbranched alkanes of at least 4 members (excludes halogenated alkanes) is 1. The van der Waals surface area contributed by atoms with Crippen molar-refractivity contribution in [3.05, 3.63) is 30.3 Å². The monoisotopic (exact) mass is 355 g/mol. The number of ether oxygens (including phenoxy) is 1. The third-order valence-electron chi connectivity index (χ3n) is 3.00. The van der Waals surface area contributed by atoms with Gasteiger partial charge in [0.1, 0.15) is 17.1 Å². The summed E-state index contributed by atoms with van der Waals surface area (Å²) in [4.78, 5) is 23.4. The lowest BCUT2D eigenvalue weighted by Crippen LogP contribution is -2.33. The third kappa shape index (κ3) is 8.10. The van der Waals surface area contributed by atoms with Gasteiger partial charge >= 0.3 is 6.09 Å². The molecule has 0 aliphatic heterocycles. The maximum atomic E-state index is 12.1. The van der Waals surface area contributed by atoms with Gasteiger partial charge in [-0.3, -0.25) is 4.79 Å². The Balaban J connectivity index is 2.27. The number of benzene rings is 1. The minimum Gasteiger partial charge on any atom is -0.444 e. The number of Topliss-reactive ketones (excluding diaryl/α,β-unsaturated/α-hetero) is 1. The number of sulfone groups is 1. The van der Waals surface area contributed by atoms with Crippen molar-refractivity contribution in [2.45, 2.75) is 50.5 Å². The molecule has 7 heteroatoms. The molecule has 6 nitrogen and oxygen atoms in total. The van der Waals surface area contributed by atoms with Crippen LogP contribution in [0.15, 0.2) is 35.2 Å². The van der Waals surface area contributed by atoms with Gasteiger partial charge < -0.3 is 10.1 Å². The van der Waals surface area contributed by atoms with Gasteiger partial charge in [-0.25, -0.2) is 13.2 Å². The van der Waals surface area contributed by atoms with Crippen LogP contribution in [-0.4, -0.2) is 38.2 Å². The number of carbonyl (C=O) groups is 2. The second kappa shape index (κ2) is 8.82. The average Bonchev–Trinajstić information content (AvgIpc) is 2.45. The summed E-state index contributed by atoms with van der Waals surface area (Å²) < 4.78 is 29.2. The molecule has 0 fully saturated rings. The number of hydrogen-bond donors (Lipinski definition) is 1. The highest BCUT2D eigenvalue weighted by molar-refractivity contribution is 7.92. The van der Waals surface area contributed by atoms with E-state index in [2.05, 4.69) is 5.32 Å². The molecule has 1 aromatic carbocycles. The summed E-state index contributed by atoms with van der Waals surface area (Å²) in [5, 5.41) is 2.60. The van der Waals surface area contributed by atoms with Crippen LogP contribution in [-0.2, 0) is 19.4 Å². The van der Waals surface area contributed by atoms with E-state index in [0.717, 1.165) is 0 Å². The van der Waals surface area contributed by atoms with E-state index in [9.17, 15) is 18.0 Å². The van der Waals surface area contributed by atoms with Crippen LogP contribution in [0.5, 0.6) is 0 Å². The summed E-state index contributed by atoms with van der Waals surface area (Å²) >= 11 is 0. The predicted molar refractivity (Wildman–Crippen MR) is 91.6 cm³/mol. The molecule has 0 saturated carbocycles. The normalized spacial score (nSPS) is 11.8. The molecule has 0 aliphatic carbocycles. The van der Waals surface area contributed by atoms with Gasteiger partial charge in [0.05, 0.1) is 4.90 Å². The van der Waals surface area contributed by atoms with Crippen molar-refractivity contribution in [1.82, 2.24) is 5.32 Å². The molecule has 0 aromatic heterocycles. The summed E-state index contributed by atoms with van der Waals surface area (Å²) in [5.74, 6) is -0.813. The van der Waals surface area contributed by atoms with Gasteiger partial charge in [-0.2, -0.15) is 0 Å². The van der Waals surface area contributed by atoms with Crippen molar-refractivity contribution < 1.29 is 22.7 Å². The number of carbonyl (C=O) groups excluding carboxylic acids is 2. The second-order valence-electron chi connectivity index (χ2n) is 6.50. The predicted octanol–water partition coefficient (Wildman–Crippen LogP) is 2.72. The fourth-order valence-electron chi connectivity index (χ4n) is 1.95. The maximum Gasteiger partial charge on any atom is 0.407 e. The van der Waals surface area contributed by atoms with Crippen molar-refractivity contribution in [2.75, 3.05) is 12.3 Å². The Morgan fingerprint density at radius 1 is 1.08 bits per heavy atom. The van der Waals surface area contributed by atoms with Gasteiger partial charge in [0.15, 0.2) is 9.84 Å². The zero-order valence-electron chi connectivity index (χ0n) is 14.4. The molecule has 0 unspecified atom stereocenters. The molecule has 0 bridgehead atoms. The van der Waals surface area contributed by atoms with Crippen molar-refractivity contribution in [3.8, 4) is 0 Å². The van der Waals surface area contributed by atoms with Gasteiger partial charge in [-0.05, 0) is 45.7 Å². The smallest absolute Gasteiger partial charge is 0.407 e. The average molecular weight is 355 g/mol. The first kappa shape index (κ1) is 20.2. The van der Waals surface area contributed by atoms with Crippen LogP contribution < -0.4 is 5.32 Å². The fraction of sp³-hybridized carbons (Fsp3) is 0.529. The first-order chi connectivity index (χ1) is 11.1. The van der Waals surface area contributed by atoms with Crippen LogP contribution in [0, 0.1) is 0 Å². The minimum atomic E-state index is -3.58. The minimum absolute atomic E-state index is 0.157. The number of hydrogen-bond acceptors (Lipinski definition) is 5. The Morgan fingerprint density at radius 3 is 2.29 bits per heavy atom. The SMILES string of the molecule is CC(C)(C)OC(=O)NCCCCC(=O)CS(=O)(=O)c1ccccc1. The molecule has 1 N–H and O–H groups in total. The molecule has 134 valence electrons. The van der Waals surface area contributed by atoms with Gasteiger partial charge in [-0.15, -0.1) is 0 Å². The first-order valence-electron chi connectivity index (χ1n) is 7.86. The molecule has 0 spiro atoms. The van der Waals surface area contributed by atoms with Crippen molar-refractivity contribution in [2.24, 2.45) is 0 Å². The lowest BCUT2D eigenvalue weighted by atomic mass is 10.2. The highest BCUT2D eigenvalue weighted by Crippen LogP contribution is 2.11. The summed E-state index contributed by atoms with van der Waals surface area (Å²) in [6.45, 7) is 5.71. The van der Waals surface area contributed by atoms with Gasteiger partial charge in [0.2, 0.25) is 0 Å². The summed E-state index contributed by atoms with van der Waals surface area (Å²) in [5.41, 5.74) is -0.550. The van der Waals surface area contributed by atoms with E-state index in [4.69, 9.17) is 4.74 Å². The number of alkyl carbamates (subject to hydrolysis) is 1. The van der Waals surface area contributed by atoms with Crippen LogP contribution in [0.1, 0.15) is 40.0 Å². The molecule has 1 aromatic rings. The molecule has 0 radical (unpaired) electrons. The van der Waals surface area contributed by atoms with E-state index in [1.165, 1.54) is 12.1 Å². The summed E-state index contributed by atoms with van der Waals surface area (Å²) in [6.07, 6.45) is 0.762. The van der Waals surface area contributed by atoms with Crippen molar-refractivity contribution in [1.29, 1.82) is 0 Å². The summed E-state index contributed by atoms with van der Waals surface area (Å²) in [7, 11) is -3.58. The number of ketones is 1. The Hall–Kier alpha value is -1.89. The van der Waals surface area contributed by atoms with Crippen LogP contribution in [0.3, 0.4) is 0 Å². The molecule has 1 rings (SSSR count). The second-order valence-corrected chi connectivity index (χ2v) is 8.49. The van der Waals surface area contributed by atoms with Crippen molar-refractivity contribution >= 4 is 21.7 Å². The zero-order valence-corrected chi connectivity index (χ0v) is 15.2. The number of amides is 1. The Bertz CT molecular complexity index is 647. The number of nitrogens with one attached hydrogen (secondary N) is 1. The lowest BCUT2D eigenvalue weighted by molar-refractivity contribution is -0.116. The van der Waals surface area contributed by atoms with Crippen LogP contribution >= 0.6 is 0 Å². The topological polar surface area (TPSA) is 89.5 Å². The molecular formula is C17H25NO5S. The van der Waals surface area contributed by atoms with Gasteiger partial charge in [0, 0.05) is 13.0 Å². The third-order valence-corrected chi connectivity index (χ3v) is 4.70. The molecule has 0 atom stereocenters. The first-order valence-corrected chi connectivity index (χ1v) is 9.52. The zero-order chi connectivity index (χ0) is 18.2. The van der Waals surface area contributed by atoms with Crippen LogP contribution in [0.4, 0.5) is 4.79 Å².